The summed E-state index contributed by atoms with van der Waals surface area (Å²) >= 11 is 3.74. The van der Waals surface area contributed by atoms with E-state index < -0.39 is 29.6 Å². The quantitative estimate of drug-likeness (QED) is 0.191. The fraction of sp³-hybridized carbons (Fsp3) is 0.567. The molecule has 3 aliphatic rings. The number of unbranched alkanes of at least 4 members (excludes halogenated alkanes) is 1. The number of ether oxygens (including phenoxy) is 1. The molecule has 11 nitrogen and oxygen atoms in total. The van der Waals surface area contributed by atoms with E-state index in [9.17, 15) is 19.5 Å². The van der Waals surface area contributed by atoms with Gasteiger partial charge in [-0.3, -0.25) is 14.4 Å². The highest BCUT2D eigenvalue weighted by molar-refractivity contribution is 9.09. The molecule has 5 rings (SSSR count). The number of aliphatic hydroxyl groups excluding tert-OH is 1. The molecule has 12 heteroatoms. The fourth-order valence-electron chi connectivity index (χ4n) is 6.98. The van der Waals surface area contributed by atoms with Crippen LogP contribution in [0.5, 0.6) is 0 Å². The highest BCUT2D eigenvalue weighted by atomic mass is 79.9. The second-order valence-corrected chi connectivity index (χ2v) is 12.4. The van der Waals surface area contributed by atoms with Crippen molar-refractivity contribution in [2.75, 3.05) is 32.8 Å². The summed E-state index contributed by atoms with van der Waals surface area (Å²) in [5.74, 6) is -2.18. The molecule has 3 amide bonds. The maximum Gasteiger partial charge on any atom is 0.250 e. The Hall–Kier alpha value is -3.09. The second-order valence-electron chi connectivity index (χ2n) is 11.3. The van der Waals surface area contributed by atoms with Gasteiger partial charge in [0.15, 0.2) is 0 Å². The van der Waals surface area contributed by atoms with Crippen molar-refractivity contribution in [1.82, 2.24) is 29.7 Å². The van der Waals surface area contributed by atoms with Crippen LogP contribution in [0.2, 0.25) is 0 Å². The van der Waals surface area contributed by atoms with Crippen LogP contribution in [-0.4, -0.2) is 108 Å². The normalized spacial score (nSPS) is 27.8. The van der Waals surface area contributed by atoms with Gasteiger partial charge in [0.1, 0.15) is 23.8 Å². The molecule has 6 atom stereocenters. The van der Waals surface area contributed by atoms with Crippen molar-refractivity contribution in [2.45, 2.75) is 61.8 Å². The molecule has 1 aromatic carbocycles. The van der Waals surface area contributed by atoms with Gasteiger partial charge in [0.2, 0.25) is 17.7 Å². The number of alkyl halides is 1. The van der Waals surface area contributed by atoms with Crippen LogP contribution >= 0.6 is 15.9 Å². The van der Waals surface area contributed by atoms with Gasteiger partial charge in [0, 0.05) is 37.6 Å². The molecule has 0 radical (unpaired) electrons. The molecule has 1 N–H and O–H groups in total. The zero-order chi connectivity index (χ0) is 30.0. The third-order valence-corrected chi connectivity index (χ3v) is 9.50. The number of fused-ring (bicyclic) bond motifs is 2. The summed E-state index contributed by atoms with van der Waals surface area (Å²) < 4.78 is 8.33. The maximum absolute atomic E-state index is 14.6. The smallest absolute Gasteiger partial charge is 0.250 e. The van der Waals surface area contributed by atoms with Crippen molar-refractivity contribution < 1.29 is 24.2 Å². The van der Waals surface area contributed by atoms with E-state index >= 15 is 0 Å². The Morgan fingerprint density at radius 3 is 2.64 bits per heavy atom. The molecule has 3 saturated heterocycles. The Labute approximate surface area is 254 Å². The average molecular weight is 644 g/mol. The van der Waals surface area contributed by atoms with Crippen molar-refractivity contribution in [3.8, 4) is 0 Å². The second kappa shape index (κ2) is 12.6. The number of hydrogen-bond donors (Lipinski definition) is 1. The number of halogens is 1. The van der Waals surface area contributed by atoms with Crippen LogP contribution < -0.4 is 0 Å². The molecule has 4 heterocycles. The van der Waals surface area contributed by atoms with Crippen molar-refractivity contribution in [2.24, 2.45) is 11.8 Å². The standard InChI is InChI=1S/C30H39BrN6O5/c1-4-13-34(14-5-2)27(39)23-24-28(40)36(16-9-10-17-38)26(30(24)18-20(31)25(23)42-30)29(41)35(15-6-3)19-37-22-12-8-7-11-21(22)32-33-37/h4,6-8,11-12,20,23-26,38H,1,3,5,9-10,13-19H2,2H3/t20?,23-,24+,25-,26?,30?/m1/s1. The third-order valence-electron chi connectivity index (χ3n) is 8.66. The Morgan fingerprint density at radius 1 is 1.19 bits per heavy atom. The molecular formula is C30H39BrN6O5. The number of likely N-dealkylation sites (tertiary alicyclic amines) is 1. The SMILES string of the molecule is C=CCN(Cn1nnc2ccccc21)C(=O)C1N(CCCCO)C(=O)[C@@H]2[C@@H](C(=O)N(CC=C)CCC)[C@@H]3OC12CC3Br. The highest BCUT2D eigenvalue weighted by Gasteiger charge is 2.76. The van der Waals surface area contributed by atoms with Crippen LogP contribution in [0.3, 0.4) is 0 Å². The first kappa shape index (κ1) is 30.4. The Morgan fingerprint density at radius 2 is 1.93 bits per heavy atom. The summed E-state index contributed by atoms with van der Waals surface area (Å²) in [7, 11) is 0. The first-order valence-electron chi connectivity index (χ1n) is 14.6. The predicted octanol–water partition coefficient (Wildman–Crippen LogP) is 2.35. The Balaban J connectivity index is 1.53. The van der Waals surface area contributed by atoms with E-state index in [1.165, 1.54) is 0 Å². The average Bonchev–Trinajstić information content (AvgIpc) is 3.70. The van der Waals surface area contributed by atoms with Crippen molar-refractivity contribution in [3.05, 3.63) is 49.6 Å². The predicted molar refractivity (Wildman–Crippen MR) is 160 cm³/mol. The molecule has 42 heavy (non-hydrogen) atoms. The van der Waals surface area contributed by atoms with Crippen molar-refractivity contribution >= 4 is 44.7 Å². The van der Waals surface area contributed by atoms with E-state index in [2.05, 4.69) is 39.4 Å². The summed E-state index contributed by atoms with van der Waals surface area (Å²) in [6.45, 7) is 11.2. The van der Waals surface area contributed by atoms with E-state index in [1.807, 2.05) is 31.2 Å². The van der Waals surface area contributed by atoms with Gasteiger partial charge < -0.3 is 24.5 Å². The number of aliphatic hydroxyl groups is 1. The molecule has 0 aliphatic carbocycles. The minimum absolute atomic E-state index is 0.0200. The molecule has 1 aromatic heterocycles. The van der Waals surface area contributed by atoms with Crippen LogP contribution in [0, 0.1) is 11.8 Å². The molecule has 2 aromatic rings. The monoisotopic (exact) mass is 642 g/mol. The molecular weight excluding hydrogens is 604 g/mol. The van der Waals surface area contributed by atoms with E-state index in [0.29, 0.717) is 37.9 Å². The van der Waals surface area contributed by atoms with Crippen LogP contribution in [0.1, 0.15) is 32.6 Å². The van der Waals surface area contributed by atoms with E-state index in [1.54, 1.807) is 31.5 Å². The first-order valence-corrected chi connectivity index (χ1v) is 15.5. The lowest BCUT2D eigenvalue weighted by Crippen LogP contribution is -2.57. The summed E-state index contributed by atoms with van der Waals surface area (Å²) in [4.78, 5) is 47.6. The van der Waals surface area contributed by atoms with Gasteiger partial charge in [-0.15, -0.1) is 18.3 Å². The lowest BCUT2D eigenvalue weighted by molar-refractivity contribution is -0.149. The third kappa shape index (κ3) is 5.07. The highest BCUT2D eigenvalue weighted by Crippen LogP contribution is 2.60. The molecule has 226 valence electrons. The van der Waals surface area contributed by atoms with Gasteiger partial charge in [-0.2, -0.15) is 0 Å². The van der Waals surface area contributed by atoms with Gasteiger partial charge >= 0.3 is 0 Å². The topological polar surface area (TPSA) is 121 Å². The van der Waals surface area contributed by atoms with Gasteiger partial charge in [0.05, 0.1) is 23.5 Å². The van der Waals surface area contributed by atoms with Crippen LogP contribution in [0.25, 0.3) is 11.0 Å². The zero-order valence-electron chi connectivity index (χ0n) is 24.0. The molecule has 3 aliphatic heterocycles. The fourth-order valence-corrected chi connectivity index (χ4v) is 7.93. The number of nitrogens with zero attached hydrogens (tertiary/aromatic N) is 6. The van der Waals surface area contributed by atoms with Crippen LogP contribution in [0.4, 0.5) is 0 Å². The van der Waals surface area contributed by atoms with Gasteiger partial charge in [-0.25, -0.2) is 4.68 Å². The summed E-state index contributed by atoms with van der Waals surface area (Å²) in [5.41, 5.74) is 0.323. The number of carbonyl (C=O) groups is 3. The molecule has 0 saturated carbocycles. The Bertz CT molecular complexity index is 1350. The minimum atomic E-state index is -1.16. The number of aromatic nitrogens is 3. The maximum atomic E-state index is 14.6. The largest absolute Gasteiger partial charge is 0.396 e. The summed E-state index contributed by atoms with van der Waals surface area (Å²) in [6, 6.07) is 6.56. The summed E-state index contributed by atoms with van der Waals surface area (Å²) in [5, 5.41) is 17.9. The van der Waals surface area contributed by atoms with E-state index in [-0.39, 0.29) is 48.9 Å². The van der Waals surface area contributed by atoms with E-state index in [0.717, 1.165) is 11.9 Å². The number of hydrogen-bond acceptors (Lipinski definition) is 7. The summed E-state index contributed by atoms with van der Waals surface area (Å²) in [6.07, 6.45) is 4.99. The van der Waals surface area contributed by atoms with Crippen molar-refractivity contribution in [1.29, 1.82) is 0 Å². The number of rotatable bonds is 14. The number of benzene rings is 1. The van der Waals surface area contributed by atoms with Crippen LogP contribution in [0.15, 0.2) is 49.6 Å². The van der Waals surface area contributed by atoms with Gasteiger partial charge in [-0.05, 0) is 37.8 Å². The van der Waals surface area contributed by atoms with Crippen LogP contribution in [-0.2, 0) is 25.8 Å². The van der Waals surface area contributed by atoms with Gasteiger partial charge in [-0.1, -0.05) is 52.4 Å². The molecule has 3 fully saturated rings. The van der Waals surface area contributed by atoms with Crippen molar-refractivity contribution in [3.63, 3.8) is 0 Å². The first-order chi connectivity index (χ1) is 20.3. The molecule has 1 spiro atoms. The number of amides is 3. The Kier molecular flexibility index (Phi) is 9.14. The lowest BCUT2D eigenvalue weighted by atomic mass is 9.70. The zero-order valence-corrected chi connectivity index (χ0v) is 25.6. The van der Waals surface area contributed by atoms with Gasteiger partial charge in [0.25, 0.3) is 0 Å². The lowest BCUT2D eigenvalue weighted by Gasteiger charge is -2.37. The molecule has 3 unspecified atom stereocenters. The minimum Gasteiger partial charge on any atom is -0.396 e. The molecule has 2 bridgehead atoms. The number of carbonyl (C=O) groups excluding carboxylic acids is 3. The number of para-hydroxylation sites is 1. The van der Waals surface area contributed by atoms with E-state index in [4.69, 9.17) is 4.74 Å².